The normalized spacial score (nSPS) is 23.1. The number of likely N-dealkylation sites (tertiary alicyclic amines) is 1. The van der Waals surface area contributed by atoms with Crippen LogP contribution in [0.25, 0.3) is 0 Å². The Hall–Kier alpha value is -1.26. The Labute approximate surface area is 121 Å². The van der Waals surface area contributed by atoms with E-state index in [1.165, 1.54) is 4.90 Å². The fourth-order valence-electron chi connectivity index (χ4n) is 2.34. The molecule has 1 aliphatic heterocycles. The molecule has 116 valence electrons. The quantitative estimate of drug-likeness (QED) is 0.748. The van der Waals surface area contributed by atoms with Crippen molar-refractivity contribution in [1.82, 2.24) is 4.90 Å². The first-order chi connectivity index (χ1) is 9.15. The molecule has 0 radical (unpaired) electrons. The average molecular weight is 285 g/mol. The second-order valence-electron chi connectivity index (χ2n) is 6.64. The summed E-state index contributed by atoms with van der Waals surface area (Å²) in [7, 11) is 0. The Kier molecular flexibility index (Phi) is 5.42. The second-order valence-corrected chi connectivity index (χ2v) is 6.64. The largest absolute Gasteiger partial charge is 0.464 e. The summed E-state index contributed by atoms with van der Waals surface area (Å²) < 4.78 is 10.5. The van der Waals surface area contributed by atoms with Crippen LogP contribution >= 0.6 is 0 Å². The van der Waals surface area contributed by atoms with Crippen LogP contribution < -0.4 is 0 Å². The first-order valence-corrected chi connectivity index (χ1v) is 7.32. The summed E-state index contributed by atoms with van der Waals surface area (Å²) in [6, 6.07) is -0.516. The van der Waals surface area contributed by atoms with Gasteiger partial charge in [0.15, 0.2) is 0 Å². The van der Waals surface area contributed by atoms with Crippen molar-refractivity contribution in [2.24, 2.45) is 11.8 Å². The van der Waals surface area contributed by atoms with Crippen molar-refractivity contribution >= 4 is 12.1 Å². The van der Waals surface area contributed by atoms with Gasteiger partial charge >= 0.3 is 12.1 Å². The SMILES string of the molecule is CCOC(=O)[C@@H]1C[C@H](C(C)C)CN1C(=O)OC(C)(C)C. The summed E-state index contributed by atoms with van der Waals surface area (Å²) in [5, 5.41) is 0. The molecule has 1 fully saturated rings. The minimum atomic E-state index is -0.563. The molecule has 1 amide bonds. The lowest BCUT2D eigenvalue weighted by Gasteiger charge is -2.27. The minimum Gasteiger partial charge on any atom is -0.464 e. The Morgan fingerprint density at radius 3 is 2.35 bits per heavy atom. The number of hydrogen-bond donors (Lipinski definition) is 0. The number of nitrogens with zero attached hydrogens (tertiary/aromatic N) is 1. The Bertz CT molecular complexity index is 359. The third-order valence-electron chi connectivity index (χ3n) is 3.46. The van der Waals surface area contributed by atoms with Crippen molar-refractivity contribution in [3.63, 3.8) is 0 Å². The van der Waals surface area contributed by atoms with E-state index >= 15 is 0 Å². The lowest BCUT2D eigenvalue weighted by Crippen LogP contribution is -2.44. The van der Waals surface area contributed by atoms with Gasteiger partial charge in [0.1, 0.15) is 11.6 Å². The van der Waals surface area contributed by atoms with E-state index in [1.54, 1.807) is 6.92 Å². The fraction of sp³-hybridized carbons (Fsp3) is 0.867. The van der Waals surface area contributed by atoms with E-state index in [1.807, 2.05) is 20.8 Å². The van der Waals surface area contributed by atoms with E-state index in [9.17, 15) is 9.59 Å². The maximum Gasteiger partial charge on any atom is 0.411 e. The second kappa shape index (κ2) is 6.46. The highest BCUT2D eigenvalue weighted by Crippen LogP contribution is 2.30. The standard InChI is InChI=1S/C15H27NO4/c1-7-19-13(17)12-8-11(10(2)3)9-16(12)14(18)20-15(4,5)6/h10-12H,7-9H2,1-6H3/t11-,12-/m0/s1. The van der Waals surface area contributed by atoms with Crippen LogP contribution in [0.15, 0.2) is 0 Å². The molecule has 5 nitrogen and oxygen atoms in total. The molecule has 0 aromatic heterocycles. The summed E-state index contributed by atoms with van der Waals surface area (Å²) in [6.07, 6.45) is 0.217. The molecular formula is C15H27NO4. The number of hydrogen-bond acceptors (Lipinski definition) is 4. The summed E-state index contributed by atoms with van der Waals surface area (Å²) in [5.41, 5.74) is -0.563. The van der Waals surface area contributed by atoms with Gasteiger partial charge < -0.3 is 9.47 Å². The zero-order valence-corrected chi connectivity index (χ0v) is 13.4. The van der Waals surface area contributed by atoms with E-state index < -0.39 is 17.7 Å². The summed E-state index contributed by atoms with van der Waals surface area (Å²) >= 11 is 0. The molecular weight excluding hydrogens is 258 g/mol. The maximum atomic E-state index is 12.2. The molecule has 0 unspecified atom stereocenters. The zero-order chi connectivity index (χ0) is 15.5. The van der Waals surface area contributed by atoms with Crippen molar-refractivity contribution in [3.05, 3.63) is 0 Å². The first kappa shape index (κ1) is 16.8. The molecule has 0 aromatic rings. The zero-order valence-electron chi connectivity index (χ0n) is 13.4. The predicted molar refractivity (Wildman–Crippen MR) is 76.3 cm³/mol. The molecule has 0 bridgehead atoms. The van der Waals surface area contributed by atoms with E-state index in [0.29, 0.717) is 31.4 Å². The van der Waals surface area contributed by atoms with Crippen molar-refractivity contribution in [1.29, 1.82) is 0 Å². The minimum absolute atomic E-state index is 0.303. The van der Waals surface area contributed by atoms with Gasteiger partial charge in [-0.05, 0) is 46.0 Å². The van der Waals surface area contributed by atoms with Crippen LogP contribution in [0.1, 0.15) is 48.0 Å². The average Bonchev–Trinajstić information content (AvgIpc) is 2.71. The van der Waals surface area contributed by atoms with E-state index in [-0.39, 0.29) is 5.97 Å². The van der Waals surface area contributed by atoms with Crippen LogP contribution in [-0.2, 0) is 14.3 Å². The lowest BCUT2D eigenvalue weighted by atomic mass is 9.93. The van der Waals surface area contributed by atoms with Crippen molar-refractivity contribution in [2.45, 2.75) is 59.6 Å². The van der Waals surface area contributed by atoms with Gasteiger partial charge in [0.05, 0.1) is 6.61 Å². The molecule has 0 spiro atoms. The van der Waals surface area contributed by atoms with Crippen LogP contribution in [0.3, 0.4) is 0 Å². The molecule has 0 N–H and O–H groups in total. The third kappa shape index (κ3) is 4.39. The number of carbonyl (C=O) groups excluding carboxylic acids is 2. The van der Waals surface area contributed by atoms with Gasteiger partial charge in [0, 0.05) is 6.54 Å². The van der Waals surface area contributed by atoms with Crippen molar-refractivity contribution in [2.75, 3.05) is 13.2 Å². The maximum absolute atomic E-state index is 12.2. The number of rotatable bonds is 3. The van der Waals surface area contributed by atoms with Crippen molar-refractivity contribution < 1.29 is 19.1 Å². The molecule has 5 heteroatoms. The molecule has 2 atom stereocenters. The summed E-state index contributed by atoms with van der Waals surface area (Å²) in [4.78, 5) is 25.8. The number of esters is 1. The highest BCUT2D eigenvalue weighted by molar-refractivity contribution is 5.82. The van der Waals surface area contributed by atoms with Crippen LogP contribution in [0.5, 0.6) is 0 Å². The van der Waals surface area contributed by atoms with Gasteiger partial charge in [0.2, 0.25) is 0 Å². The molecule has 0 aromatic carbocycles. The summed E-state index contributed by atoms with van der Waals surface area (Å²) in [6.45, 7) is 12.3. The third-order valence-corrected chi connectivity index (χ3v) is 3.46. The van der Waals surface area contributed by atoms with E-state index in [2.05, 4.69) is 13.8 Å². The van der Waals surface area contributed by atoms with Gasteiger partial charge in [-0.25, -0.2) is 9.59 Å². The number of amides is 1. The van der Waals surface area contributed by atoms with Gasteiger partial charge in [-0.2, -0.15) is 0 Å². The van der Waals surface area contributed by atoms with E-state index in [4.69, 9.17) is 9.47 Å². The molecule has 20 heavy (non-hydrogen) atoms. The van der Waals surface area contributed by atoms with E-state index in [0.717, 1.165) is 0 Å². The summed E-state index contributed by atoms with van der Waals surface area (Å²) in [5.74, 6) is 0.387. The molecule has 1 heterocycles. The number of ether oxygens (including phenoxy) is 2. The smallest absolute Gasteiger partial charge is 0.411 e. The topological polar surface area (TPSA) is 55.8 Å². The van der Waals surface area contributed by atoms with Crippen LogP contribution in [0.4, 0.5) is 4.79 Å². The molecule has 1 rings (SSSR count). The Morgan fingerprint density at radius 1 is 1.30 bits per heavy atom. The highest BCUT2D eigenvalue weighted by atomic mass is 16.6. The van der Waals surface area contributed by atoms with Gasteiger partial charge in [0.25, 0.3) is 0 Å². The number of carbonyl (C=O) groups is 2. The first-order valence-electron chi connectivity index (χ1n) is 7.32. The fourth-order valence-corrected chi connectivity index (χ4v) is 2.34. The predicted octanol–water partition coefficient (Wildman–Crippen LogP) is 2.83. The lowest BCUT2D eigenvalue weighted by molar-refractivity contribution is -0.148. The van der Waals surface area contributed by atoms with Crippen LogP contribution in [0, 0.1) is 11.8 Å². The van der Waals surface area contributed by atoms with Gasteiger partial charge in [-0.1, -0.05) is 13.8 Å². The Morgan fingerprint density at radius 2 is 1.90 bits per heavy atom. The van der Waals surface area contributed by atoms with Crippen molar-refractivity contribution in [3.8, 4) is 0 Å². The molecule has 1 saturated heterocycles. The van der Waals surface area contributed by atoms with Crippen LogP contribution in [0.2, 0.25) is 0 Å². The molecule has 1 aliphatic rings. The monoisotopic (exact) mass is 285 g/mol. The molecule has 0 saturated carbocycles. The van der Waals surface area contributed by atoms with Crippen LogP contribution in [-0.4, -0.2) is 41.8 Å². The molecule has 0 aliphatic carbocycles. The van der Waals surface area contributed by atoms with Gasteiger partial charge in [-0.15, -0.1) is 0 Å². The Balaban J connectivity index is 2.83. The van der Waals surface area contributed by atoms with Gasteiger partial charge in [-0.3, -0.25) is 4.90 Å². The highest BCUT2D eigenvalue weighted by Gasteiger charge is 2.43.